The molecule has 1 atom stereocenters. The quantitative estimate of drug-likeness (QED) is 0.665. The molecule has 6 heteroatoms. The SMILES string of the molecule is CN(C)[C@@H]1CCN(c2nc3ccc(NC(=O)C=Cc4ccccc4)cc3s2)C1. The molecule has 1 aliphatic rings. The van der Waals surface area contributed by atoms with Crippen LogP contribution in [0.3, 0.4) is 0 Å². The molecule has 4 rings (SSSR count). The van der Waals surface area contributed by atoms with Crippen LogP contribution >= 0.6 is 11.3 Å². The molecule has 5 nitrogen and oxygen atoms in total. The first-order chi connectivity index (χ1) is 13.6. The van der Waals surface area contributed by atoms with Crippen molar-refractivity contribution in [1.82, 2.24) is 9.88 Å². The number of thiazole rings is 1. The number of hydrogen-bond acceptors (Lipinski definition) is 5. The van der Waals surface area contributed by atoms with Gasteiger partial charge >= 0.3 is 0 Å². The Kier molecular flexibility index (Phi) is 5.41. The molecule has 1 N–H and O–H groups in total. The van der Waals surface area contributed by atoms with Gasteiger partial charge in [-0.15, -0.1) is 0 Å². The first kappa shape index (κ1) is 18.7. The second-order valence-electron chi connectivity index (χ2n) is 7.26. The second-order valence-corrected chi connectivity index (χ2v) is 8.27. The fraction of sp³-hybridized carbons (Fsp3) is 0.273. The Morgan fingerprint density at radius 2 is 2.07 bits per heavy atom. The maximum Gasteiger partial charge on any atom is 0.248 e. The van der Waals surface area contributed by atoms with Crippen molar-refractivity contribution in [3.63, 3.8) is 0 Å². The van der Waals surface area contributed by atoms with E-state index in [0.717, 1.165) is 46.1 Å². The number of likely N-dealkylation sites (N-methyl/N-ethyl adjacent to an activating group) is 1. The molecule has 0 spiro atoms. The van der Waals surface area contributed by atoms with Crippen molar-refractivity contribution < 1.29 is 4.79 Å². The van der Waals surface area contributed by atoms with E-state index in [1.165, 1.54) is 0 Å². The van der Waals surface area contributed by atoms with Gasteiger partial charge in [0.25, 0.3) is 0 Å². The van der Waals surface area contributed by atoms with E-state index in [2.05, 4.69) is 29.2 Å². The van der Waals surface area contributed by atoms with E-state index in [0.29, 0.717) is 6.04 Å². The standard InChI is InChI=1S/C22H24N4OS/c1-25(2)18-12-13-26(15-18)22-24-19-10-9-17(14-20(19)28-22)23-21(27)11-8-16-6-4-3-5-7-16/h3-11,14,18H,12-13,15H2,1-2H3,(H,23,27)/t18-/m1/s1. The number of benzene rings is 2. The summed E-state index contributed by atoms with van der Waals surface area (Å²) < 4.78 is 1.09. The van der Waals surface area contributed by atoms with Crippen molar-refractivity contribution in [1.29, 1.82) is 0 Å². The van der Waals surface area contributed by atoms with Crippen LogP contribution in [-0.4, -0.2) is 49.0 Å². The molecular weight excluding hydrogens is 368 g/mol. The lowest BCUT2D eigenvalue weighted by Gasteiger charge is -2.19. The molecule has 28 heavy (non-hydrogen) atoms. The predicted octanol–water partition coefficient (Wildman–Crippen LogP) is 4.09. The Balaban J connectivity index is 1.45. The lowest BCUT2D eigenvalue weighted by atomic mass is 10.2. The van der Waals surface area contributed by atoms with Gasteiger partial charge < -0.3 is 15.1 Å². The molecule has 2 aromatic carbocycles. The zero-order chi connectivity index (χ0) is 19.5. The van der Waals surface area contributed by atoms with E-state index < -0.39 is 0 Å². The fourth-order valence-electron chi connectivity index (χ4n) is 3.38. The molecule has 1 aromatic heterocycles. The van der Waals surface area contributed by atoms with Gasteiger partial charge in [-0.1, -0.05) is 41.7 Å². The normalized spacial score (nSPS) is 17.1. The summed E-state index contributed by atoms with van der Waals surface area (Å²) in [5.74, 6) is -0.138. The Labute approximate surface area is 169 Å². The minimum Gasteiger partial charge on any atom is -0.346 e. The first-order valence-electron chi connectivity index (χ1n) is 9.44. The van der Waals surface area contributed by atoms with Crippen LogP contribution in [0.5, 0.6) is 0 Å². The van der Waals surface area contributed by atoms with Gasteiger partial charge in [0.2, 0.25) is 5.91 Å². The minimum atomic E-state index is -0.138. The number of nitrogens with zero attached hydrogens (tertiary/aromatic N) is 3. The van der Waals surface area contributed by atoms with Crippen molar-refractivity contribution in [3.8, 4) is 0 Å². The first-order valence-corrected chi connectivity index (χ1v) is 10.3. The zero-order valence-corrected chi connectivity index (χ0v) is 16.9. The van der Waals surface area contributed by atoms with E-state index in [-0.39, 0.29) is 5.91 Å². The lowest BCUT2D eigenvalue weighted by Crippen LogP contribution is -2.31. The topological polar surface area (TPSA) is 48.5 Å². The molecule has 1 amide bonds. The van der Waals surface area contributed by atoms with Gasteiger partial charge in [0.05, 0.1) is 10.2 Å². The van der Waals surface area contributed by atoms with Crippen molar-refractivity contribution in [2.45, 2.75) is 12.5 Å². The molecule has 1 fully saturated rings. The number of fused-ring (bicyclic) bond motifs is 1. The molecule has 1 saturated heterocycles. The van der Waals surface area contributed by atoms with Crippen molar-refractivity contribution in [3.05, 3.63) is 60.2 Å². The van der Waals surface area contributed by atoms with Crippen LogP contribution in [-0.2, 0) is 4.79 Å². The van der Waals surface area contributed by atoms with Gasteiger partial charge in [-0.25, -0.2) is 4.98 Å². The summed E-state index contributed by atoms with van der Waals surface area (Å²) in [6, 6.07) is 16.3. The zero-order valence-electron chi connectivity index (χ0n) is 16.1. The number of carbonyl (C=O) groups excluding carboxylic acids is 1. The average Bonchev–Trinajstić information content (AvgIpc) is 3.34. The monoisotopic (exact) mass is 392 g/mol. The largest absolute Gasteiger partial charge is 0.346 e. The third kappa shape index (κ3) is 4.24. The van der Waals surface area contributed by atoms with E-state index in [4.69, 9.17) is 4.98 Å². The van der Waals surface area contributed by atoms with Crippen molar-refractivity contribution >= 4 is 44.4 Å². The highest BCUT2D eigenvalue weighted by Gasteiger charge is 2.26. The Morgan fingerprint density at radius 3 is 2.82 bits per heavy atom. The van der Waals surface area contributed by atoms with Gasteiger partial charge in [0.15, 0.2) is 5.13 Å². The summed E-state index contributed by atoms with van der Waals surface area (Å²) >= 11 is 1.69. The van der Waals surface area contributed by atoms with Gasteiger partial charge in [-0.2, -0.15) is 0 Å². The van der Waals surface area contributed by atoms with E-state index >= 15 is 0 Å². The number of anilines is 2. The van der Waals surface area contributed by atoms with Crippen LogP contribution in [0.1, 0.15) is 12.0 Å². The van der Waals surface area contributed by atoms with Gasteiger partial charge in [-0.05, 0) is 50.4 Å². The second kappa shape index (κ2) is 8.12. The third-order valence-corrected chi connectivity index (χ3v) is 6.11. The smallest absolute Gasteiger partial charge is 0.248 e. The summed E-state index contributed by atoms with van der Waals surface area (Å²) in [7, 11) is 4.27. The molecule has 0 bridgehead atoms. The number of amides is 1. The lowest BCUT2D eigenvalue weighted by molar-refractivity contribution is -0.111. The predicted molar refractivity (Wildman–Crippen MR) is 118 cm³/mol. The summed E-state index contributed by atoms with van der Waals surface area (Å²) in [5.41, 5.74) is 2.77. The van der Waals surface area contributed by atoms with Crippen LogP contribution in [0.25, 0.3) is 16.3 Å². The molecular formula is C22H24N4OS. The number of carbonyl (C=O) groups is 1. The molecule has 2 heterocycles. The summed E-state index contributed by atoms with van der Waals surface area (Å²) in [5, 5.41) is 4.00. The maximum atomic E-state index is 12.2. The van der Waals surface area contributed by atoms with Gasteiger partial charge in [-0.3, -0.25) is 4.79 Å². The van der Waals surface area contributed by atoms with Crippen LogP contribution in [0, 0.1) is 0 Å². The average molecular weight is 393 g/mol. The van der Waals surface area contributed by atoms with Crippen LogP contribution < -0.4 is 10.2 Å². The van der Waals surface area contributed by atoms with Crippen molar-refractivity contribution in [2.75, 3.05) is 37.4 Å². The molecule has 0 unspecified atom stereocenters. The van der Waals surface area contributed by atoms with Crippen LogP contribution in [0.15, 0.2) is 54.6 Å². The summed E-state index contributed by atoms with van der Waals surface area (Å²) in [6.45, 7) is 2.05. The van der Waals surface area contributed by atoms with Gasteiger partial charge in [0.1, 0.15) is 0 Å². The van der Waals surface area contributed by atoms with E-state index in [1.54, 1.807) is 17.4 Å². The minimum absolute atomic E-state index is 0.138. The maximum absolute atomic E-state index is 12.2. The highest BCUT2D eigenvalue weighted by molar-refractivity contribution is 7.22. The highest BCUT2D eigenvalue weighted by atomic mass is 32.1. The number of aromatic nitrogens is 1. The van der Waals surface area contributed by atoms with E-state index in [9.17, 15) is 4.79 Å². The Morgan fingerprint density at radius 1 is 1.25 bits per heavy atom. The summed E-state index contributed by atoms with van der Waals surface area (Å²) in [4.78, 5) is 21.6. The van der Waals surface area contributed by atoms with Crippen LogP contribution in [0.4, 0.5) is 10.8 Å². The van der Waals surface area contributed by atoms with Crippen LogP contribution in [0.2, 0.25) is 0 Å². The van der Waals surface area contributed by atoms with Gasteiger partial charge in [0, 0.05) is 30.9 Å². The summed E-state index contributed by atoms with van der Waals surface area (Å²) in [6.07, 6.45) is 4.54. The Hall–Kier alpha value is -2.70. The van der Waals surface area contributed by atoms with E-state index in [1.807, 2.05) is 54.6 Å². The molecule has 3 aromatic rings. The molecule has 1 aliphatic heterocycles. The van der Waals surface area contributed by atoms with Crippen molar-refractivity contribution in [2.24, 2.45) is 0 Å². The number of nitrogens with one attached hydrogen (secondary N) is 1. The third-order valence-electron chi connectivity index (χ3n) is 5.04. The molecule has 0 aliphatic carbocycles. The number of rotatable bonds is 5. The highest BCUT2D eigenvalue weighted by Crippen LogP contribution is 2.33. The Bertz CT molecular complexity index is 996. The molecule has 144 valence electrons. The number of hydrogen-bond donors (Lipinski definition) is 1. The molecule has 0 radical (unpaired) electrons. The fourth-order valence-corrected chi connectivity index (χ4v) is 4.42. The molecule has 0 saturated carbocycles.